The standard InChI is InChI=1S/C27H30N2O3/c30-26(25-21-24(27(31)32)17-18-28-25)29(19-9-7-15-22-11-3-1-4-12-22)20-10-8-16-23-13-5-2-6-14-23/h1-6,11-14,17-18,21H,7-10,15-16,19-20H2,(H,31,32). The number of carbonyl (C=O) groups excluding carboxylic acids is 1. The minimum Gasteiger partial charge on any atom is -0.478 e. The minimum atomic E-state index is -1.06. The minimum absolute atomic E-state index is 0.0801. The van der Waals surface area contributed by atoms with Gasteiger partial charge in [0.2, 0.25) is 0 Å². The van der Waals surface area contributed by atoms with Crippen molar-refractivity contribution in [1.29, 1.82) is 0 Å². The van der Waals surface area contributed by atoms with Crippen molar-refractivity contribution in [2.75, 3.05) is 13.1 Å². The number of nitrogens with zero attached hydrogens (tertiary/aromatic N) is 2. The first kappa shape index (κ1) is 23.2. The van der Waals surface area contributed by atoms with Gasteiger partial charge < -0.3 is 10.0 Å². The van der Waals surface area contributed by atoms with Gasteiger partial charge >= 0.3 is 5.97 Å². The molecule has 5 nitrogen and oxygen atoms in total. The zero-order chi connectivity index (χ0) is 22.6. The highest BCUT2D eigenvalue weighted by molar-refractivity contribution is 5.95. The molecule has 0 bridgehead atoms. The quantitative estimate of drug-likeness (QED) is 0.398. The molecule has 0 fully saturated rings. The molecule has 1 amide bonds. The monoisotopic (exact) mass is 430 g/mol. The van der Waals surface area contributed by atoms with E-state index in [0.29, 0.717) is 13.1 Å². The number of benzene rings is 2. The Bertz CT molecular complexity index is 943. The van der Waals surface area contributed by atoms with Crippen LogP contribution < -0.4 is 0 Å². The van der Waals surface area contributed by atoms with Gasteiger partial charge in [-0.1, -0.05) is 60.7 Å². The zero-order valence-electron chi connectivity index (χ0n) is 18.3. The third-order valence-electron chi connectivity index (χ3n) is 5.49. The third-order valence-corrected chi connectivity index (χ3v) is 5.49. The van der Waals surface area contributed by atoms with Crippen molar-refractivity contribution in [3.8, 4) is 0 Å². The number of carboxylic acids is 1. The largest absolute Gasteiger partial charge is 0.478 e. The molecule has 0 spiro atoms. The van der Waals surface area contributed by atoms with E-state index in [0.717, 1.165) is 38.5 Å². The van der Waals surface area contributed by atoms with Crippen LogP contribution in [0.3, 0.4) is 0 Å². The van der Waals surface area contributed by atoms with E-state index in [1.54, 1.807) is 0 Å². The molecule has 0 saturated heterocycles. The van der Waals surface area contributed by atoms with Gasteiger partial charge in [-0.15, -0.1) is 0 Å². The molecule has 166 valence electrons. The van der Waals surface area contributed by atoms with Crippen LogP contribution in [0, 0.1) is 0 Å². The summed E-state index contributed by atoms with van der Waals surface area (Å²) in [7, 11) is 0. The Hall–Kier alpha value is -3.47. The average molecular weight is 431 g/mol. The normalized spacial score (nSPS) is 10.6. The Morgan fingerprint density at radius 3 is 1.78 bits per heavy atom. The Morgan fingerprint density at radius 2 is 1.28 bits per heavy atom. The van der Waals surface area contributed by atoms with Gasteiger partial charge in [0, 0.05) is 19.3 Å². The van der Waals surface area contributed by atoms with E-state index >= 15 is 0 Å². The number of hydrogen-bond acceptors (Lipinski definition) is 3. The van der Waals surface area contributed by atoms with Crippen LogP contribution in [0.15, 0.2) is 79.0 Å². The maximum Gasteiger partial charge on any atom is 0.335 e. The molecule has 0 aliphatic heterocycles. The molecule has 0 unspecified atom stereocenters. The van der Waals surface area contributed by atoms with Crippen LogP contribution in [0.5, 0.6) is 0 Å². The molecule has 3 aromatic rings. The SMILES string of the molecule is O=C(O)c1ccnc(C(=O)N(CCCCc2ccccc2)CCCCc2ccccc2)c1. The molecule has 0 atom stereocenters. The number of hydrogen-bond donors (Lipinski definition) is 1. The lowest BCUT2D eigenvalue weighted by Gasteiger charge is -2.22. The smallest absolute Gasteiger partial charge is 0.335 e. The van der Waals surface area contributed by atoms with Crippen molar-refractivity contribution in [2.24, 2.45) is 0 Å². The van der Waals surface area contributed by atoms with Gasteiger partial charge in [-0.3, -0.25) is 9.78 Å². The number of aryl methyl sites for hydroxylation is 2. The molecule has 2 aromatic carbocycles. The summed E-state index contributed by atoms with van der Waals surface area (Å²) in [6, 6.07) is 23.4. The predicted octanol–water partition coefficient (Wildman–Crippen LogP) is 5.27. The first-order chi connectivity index (χ1) is 15.6. The summed E-state index contributed by atoms with van der Waals surface area (Å²) in [6.07, 6.45) is 7.09. The summed E-state index contributed by atoms with van der Waals surface area (Å²) >= 11 is 0. The summed E-state index contributed by atoms with van der Waals surface area (Å²) in [5.41, 5.74) is 2.86. The van der Waals surface area contributed by atoms with Crippen LogP contribution in [0.4, 0.5) is 0 Å². The van der Waals surface area contributed by atoms with Crippen LogP contribution >= 0.6 is 0 Å². The molecule has 5 heteroatoms. The molecule has 1 heterocycles. The lowest BCUT2D eigenvalue weighted by molar-refractivity contribution is 0.0696. The molecule has 0 aliphatic rings. The number of rotatable bonds is 12. The molecule has 32 heavy (non-hydrogen) atoms. The van der Waals surface area contributed by atoms with E-state index in [1.165, 1.54) is 29.5 Å². The van der Waals surface area contributed by atoms with Gasteiger partial charge in [-0.2, -0.15) is 0 Å². The number of aromatic nitrogens is 1. The second-order valence-electron chi connectivity index (χ2n) is 7.91. The highest BCUT2D eigenvalue weighted by atomic mass is 16.4. The van der Waals surface area contributed by atoms with Crippen molar-refractivity contribution in [1.82, 2.24) is 9.88 Å². The highest BCUT2D eigenvalue weighted by Crippen LogP contribution is 2.12. The molecule has 3 rings (SSSR count). The molecular weight excluding hydrogens is 400 g/mol. The Balaban J connectivity index is 1.57. The molecule has 0 saturated carbocycles. The van der Waals surface area contributed by atoms with Crippen LogP contribution in [0.1, 0.15) is 57.7 Å². The zero-order valence-corrected chi connectivity index (χ0v) is 18.3. The third kappa shape index (κ3) is 7.34. The summed E-state index contributed by atoms with van der Waals surface area (Å²) in [6.45, 7) is 1.27. The maximum atomic E-state index is 13.1. The van der Waals surface area contributed by atoms with Gasteiger partial charge in [-0.05, 0) is 61.8 Å². The highest BCUT2D eigenvalue weighted by Gasteiger charge is 2.18. The summed E-state index contributed by atoms with van der Waals surface area (Å²) in [5.74, 6) is -1.26. The number of amides is 1. The Labute approximate surface area is 189 Å². The number of unbranched alkanes of at least 4 members (excludes halogenated alkanes) is 2. The van der Waals surface area contributed by atoms with E-state index in [4.69, 9.17) is 0 Å². The van der Waals surface area contributed by atoms with Crippen LogP contribution in [-0.4, -0.2) is 40.0 Å². The van der Waals surface area contributed by atoms with Crippen molar-refractivity contribution < 1.29 is 14.7 Å². The van der Waals surface area contributed by atoms with Gasteiger partial charge in [0.25, 0.3) is 5.91 Å². The van der Waals surface area contributed by atoms with E-state index in [2.05, 4.69) is 29.2 Å². The van der Waals surface area contributed by atoms with Crippen molar-refractivity contribution in [3.63, 3.8) is 0 Å². The second-order valence-corrected chi connectivity index (χ2v) is 7.91. The van der Waals surface area contributed by atoms with Crippen LogP contribution in [0.25, 0.3) is 0 Å². The lowest BCUT2D eigenvalue weighted by Crippen LogP contribution is -2.33. The van der Waals surface area contributed by atoms with Gasteiger partial charge in [0.1, 0.15) is 5.69 Å². The fourth-order valence-electron chi connectivity index (χ4n) is 3.71. The Morgan fingerprint density at radius 1 is 0.750 bits per heavy atom. The summed E-state index contributed by atoms with van der Waals surface area (Å²) in [4.78, 5) is 30.4. The molecular formula is C27H30N2O3. The van der Waals surface area contributed by atoms with Gasteiger partial charge in [-0.25, -0.2) is 4.79 Å². The van der Waals surface area contributed by atoms with E-state index < -0.39 is 5.97 Å². The number of carbonyl (C=O) groups is 2. The first-order valence-electron chi connectivity index (χ1n) is 11.2. The van der Waals surface area contributed by atoms with Crippen molar-refractivity contribution in [3.05, 3.63) is 101 Å². The van der Waals surface area contributed by atoms with Crippen LogP contribution in [-0.2, 0) is 12.8 Å². The topological polar surface area (TPSA) is 70.5 Å². The number of pyridine rings is 1. The summed E-state index contributed by atoms with van der Waals surface area (Å²) in [5, 5.41) is 9.24. The molecule has 1 aromatic heterocycles. The van der Waals surface area contributed by atoms with E-state index in [-0.39, 0.29) is 17.2 Å². The fourth-order valence-corrected chi connectivity index (χ4v) is 3.71. The predicted molar refractivity (Wildman–Crippen MR) is 126 cm³/mol. The Kier molecular flexibility index (Phi) is 8.99. The first-order valence-corrected chi connectivity index (χ1v) is 11.2. The van der Waals surface area contributed by atoms with E-state index in [1.807, 2.05) is 41.3 Å². The lowest BCUT2D eigenvalue weighted by atomic mass is 10.1. The molecule has 0 radical (unpaired) electrons. The summed E-state index contributed by atoms with van der Waals surface area (Å²) < 4.78 is 0. The van der Waals surface area contributed by atoms with Gasteiger partial charge in [0.05, 0.1) is 5.56 Å². The van der Waals surface area contributed by atoms with Gasteiger partial charge in [0.15, 0.2) is 0 Å². The van der Waals surface area contributed by atoms with E-state index in [9.17, 15) is 14.7 Å². The maximum absolute atomic E-state index is 13.1. The van der Waals surface area contributed by atoms with Crippen molar-refractivity contribution in [2.45, 2.75) is 38.5 Å². The number of aromatic carboxylic acids is 1. The second kappa shape index (κ2) is 12.4. The fraction of sp³-hybridized carbons (Fsp3) is 0.296. The molecule has 1 N–H and O–H groups in total. The molecule has 0 aliphatic carbocycles. The average Bonchev–Trinajstić information content (AvgIpc) is 2.84. The number of carboxylic acid groups (broad SMARTS) is 1. The van der Waals surface area contributed by atoms with Crippen molar-refractivity contribution >= 4 is 11.9 Å². The van der Waals surface area contributed by atoms with Crippen LogP contribution in [0.2, 0.25) is 0 Å².